The van der Waals surface area contributed by atoms with Crippen molar-refractivity contribution in [3.63, 3.8) is 0 Å². The number of rotatable bonds is 12. The third-order valence-corrected chi connectivity index (χ3v) is 11.0. The van der Waals surface area contributed by atoms with Gasteiger partial charge in [0.1, 0.15) is 27.7 Å². The van der Waals surface area contributed by atoms with E-state index in [9.17, 15) is 31.5 Å². The Morgan fingerprint density at radius 3 is 2.53 bits per heavy atom. The Morgan fingerprint density at radius 2 is 1.81 bits per heavy atom. The number of pyridine rings is 1. The Bertz CT molecular complexity index is 2200. The number of ether oxygens (including phenoxy) is 1. The molecule has 3 heterocycles. The third-order valence-electron chi connectivity index (χ3n) is 8.60. The van der Waals surface area contributed by atoms with Gasteiger partial charge in [0.15, 0.2) is 0 Å². The van der Waals surface area contributed by atoms with Crippen molar-refractivity contribution in [2.24, 2.45) is 5.92 Å². The van der Waals surface area contributed by atoms with Crippen molar-refractivity contribution in [1.29, 1.82) is 0 Å². The van der Waals surface area contributed by atoms with E-state index >= 15 is 4.39 Å². The van der Waals surface area contributed by atoms with Crippen LogP contribution in [0.25, 0.3) is 22.3 Å². The van der Waals surface area contributed by atoms with Gasteiger partial charge in [0.05, 0.1) is 22.8 Å². The van der Waals surface area contributed by atoms with Crippen molar-refractivity contribution in [2.45, 2.75) is 36.9 Å². The molecule has 11 nitrogen and oxygen atoms in total. The minimum absolute atomic E-state index is 0.0320. The fraction of sp³-hybridized carbons (Fsp3) is 0.257. The minimum Gasteiger partial charge on any atom is -0.465 e. The fourth-order valence-electron chi connectivity index (χ4n) is 5.88. The molecule has 0 unspecified atom stereocenters. The second-order valence-electron chi connectivity index (χ2n) is 12.2. The van der Waals surface area contributed by atoms with Crippen LogP contribution in [0.15, 0.2) is 83.3 Å². The maximum Gasteiger partial charge on any atom is 0.416 e. The van der Waals surface area contributed by atoms with Gasteiger partial charge in [-0.3, -0.25) is 9.71 Å². The van der Waals surface area contributed by atoms with E-state index in [2.05, 4.69) is 25.2 Å². The molecule has 1 amide bonds. The van der Waals surface area contributed by atoms with E-state index in [1.54, 1.807) is 18.2 Å². The second-order valence-corrected chi connectivity index (χ2v) is 15.1. The molecule has 278 valence electrons. The summed E-state index contributed by atoms with van der Waals surface area (Å²) in [4.78, 5) is 17.1. The van der Waals surface area contributed by atoms with Gasteiger partial charge in [-0.2, -0.15) is 13.2 Å². The number of aromatic nitrogens is 3. The summed E-state index contributed by atoms with van der Waals surface area (Å²) >= 11 is 7.32. The Labute approximate surface area is 310 Å². The molecule has 0 atom stereocenters. The molecule has 1 aliphatic rings. The van der Waals surface area contributed by atoms with E-state index in [4.69, 9.17) is 16.3 Å². The Kier molecular flexibility index (Phi) is 11.5. The monoisotopic (exact) mass is 790 g/mol. The van der Waals surface area contributed by atoms with Gasteiger partial charge in [-0.05, 0) is 97.4 Å². The Morgan fingerprint density at radius 1 is 1.04 bits per heavy atom. The molecule has 6 rings (SSSR count). The first-order chi connectivity index (χ1) is 25.3. The lowest BCUT2D eigenvalue weighted by molar-refractivity contribution is -0.137. The number of amides is 1. The number of alkyl halides is 3. The van der Waals surface area contributed by atoms with Crippen LogP contribution >= 0.6 is 22.9 Å². The molecule has 1 saturated heterocycles. The average molecular weight is 791 g/mol. The van der Waals surface area contributed by atoms with Crippen LogP contribution in [-0.4, -0.2) is 59.3 Å². The van der Waals surface area contributed by atoms with Crippen LogP contribution in [0.4, 0.5) is 27.5 Å². The summed E-state index contributed by atoms with van der Waals surface area (Å²) in [6.45, 7) is 2.04. The molecule has 0 aliphatic carbocycles. The number of carbonyl (C=O) groups is 1. The van der Waals surface area contributed by atoms with Crippen LogP contribution < -0.4 is 14.8 Å². The molecular formula is C35H31ClF4N6O5S2. The largest absolute Gasteiger partial charge is 0.465 e. The average Bonchev–Trinajstić information content (AvgIpc) is 3.64. The van der Waals surface area contributed by atoms with Gasteiger partial charge in [-0.1, -0.05) is 41.1 Å². The predicted octanol–water partition coefficient (Wildman–Crippen LogP) is 8.54. The Balaban J connectivity index is 1.35. The minimum atomic E-state index is -4.58. The Hall–Kier alpha value is -4.84. The van der Waals surface area contributed by atoms with Gasteiger partial charge in [-0.25, -0.2) is 17.6 Å². The summed E-state index contributed by atoms with van der Waals surface area (Å²) < 4.78 is 90.1. The molecule has 18 heteroatoms. The number of benzene rings is 3. The van der Waals surface area contributed by atoms with Gasteiger partial charge >= 0.3 is 12.3 Å². The lowest BCUT2D eigenvalue weighted by Crippen LogP contribution is -2.34. The molecular weight excluding hydrogens is 760 g/mol. The standard InChI is InChI=1S/C35H31ClF4N6O5S2/c36-28-17-32(53(49,50)45-33-44-43-20-52-33)29(37)18-31(28)51-30-5-4-23(22-2-1-3-25(14-22)35(38,39)40)16-27(30)24-8-12-42-26(15-24)19-46(34(47)48)13-9-21-6-10-41-11-7-21/h1-5,8,12,14-18,20-21,41H,6-7,9-11,13,19H2,(H,44,45)(H,47,48). The highest BCUT2D eigenvalue weighted by Crippen LogP contribution is 2.41. The summed E-state index contributed by atoms with van der Waals surface area (Å²) in [7, 11) is -4.45. The molecule has 3 N–H and O–H groups in total. The first-order valence-corrected chi connectivity index (χ1v) is 18.9. The van der Waals surface area contributed by atoms with Crippen molar-refractivity contribution in [3.05, 3.63) is 101 Å². The highest BCUT2D eigenvalue weighted by molar-refractivity contribution is 7.93. The maximum atomic E-state index is 15.4. The van der Waals surface area contributed by atoms with Crippen molar-refractivity contribution < 1.29 is 40.6 Å². The van der Waals surface area contributed by atoms with Crippen LogP contribution in [0.3, 0.4) is 0 Å². The molecule has 1 fully saturated rings. The summed E-state index contributed by atoms with van der Waals surface area (Å²) in [5.41, 5.74) is 2.25. The van der Waals surface area contributed by atoms with E-state index in [0.29, 0.717) is 41.3 Å². The first kappa shape index (κ1) is 37.9. The number of hydrogen-bond donors (Lipinski definition) is 3. The topological polar surface area (TPSA) is 147 Å². The number of sulfonamides is 1. The van der Waals surface area contributed by atoms with Crippen LogP contribution in [-0.2, 0) is 22.7 Å². The van der Waals surface area contributed by atoms with Gasteiger partial charge in [0.25, 0.3) is 10.0 Å². The fourth-order valence-corrected chi connectivity index (χ4v) is 7.92. The highest BCUT2D eigenvalue weighted by atomic mass is 35.5. The zero-order chi connectivity index (χ0) is 37.8. The van der Waals surface area contributed by atoms with Crippen molar-refractivity contribution in [2.75, 3.05) is 24.4 Å². The lowest BCUT2D eigenvalue weighted by atomic mass is 9.94. The van der Waals surface area contributed by atoms with Gasteiger partial charge in [-0.15, -0.1) is 10.2 Å². The highest BCUT2D eigenvalue weighted by Gasteiger charge is 2.31. The van der Waals surface area contributed by atoms with Crippen LogP contribution in [0, 0.1) is 11.7 Å². The molecule has 0 saturated carbocycles. The number of carboxylic acid groups (broad SMARTS) is 1. The lowest BCUT2D eigenvalue weighted by Gasteiger charge is -2.26. The molecule has 2 aromatic heterocycles. The van der Waals surface area contributed by atoms with Gasteiger partial charge in [0, 0.05) is 24.4 Å². The number of piperidine rings is 1. The summed E-state index contributed by atoms with van der Waals surface area (Å²) in [6.07, 6.45) is -1.61. The molecule has 0 bridgehead atoms. The van der Waals surface area contributed by atoms with Crippen molar-refractivity contribution in [1.82, 2.24) is 25.4 Å². The van der Waals surface area contributed by atoms with Crippen molar-refractivity contribution in [3.8, 4) is 33.8 Å². The summed E-state index contributed by atoms with van der Waals surface area (Å²) in [6, 6.07) is 14.2. The zero-order valence-electron chi connectivity index (χ0n) is 27.6. The maximum absolute atomic E-state index is 15.4. The van der Waals surface area contributed by atoms with Gasteiger partial charge in [0.2, 0.25) is 5.13 Å². The van der Waals surface area contributed by atoms with Crippen LogP contribution in [0.1, 0.15) is 30.5 Å². The molecule has 53 heavy (non-hydrogen) atoms. The molecule has 0 spiro atoms. The zero-order valence-corrected chi connectivity index (χ0v) is 30.0. The van der Waals surface area contributed by atoms with Crippen LogP contribution in [0.5, 0.6) is 11.5 Å². The van der Waals surface area contributed by atoms with Gasteiger partial charge < -0.3 is 20.1 Å². The normalized spacial score (nSPS) is 13.8. The number of halogens is 5. The molecule has 3 aromatic carbocycles. The molecule has 1 aliphatic heterocycles. The number of hydrogen-bond acceptors (Lipinski definition) is 9. The smallest absolute Gasteiger partial charge is 0.416 e. The van der Waals surface area contributed by atoms with E-state index in [0.717, 1.165) is 61.5 Å². The van der Waals surface area contributed by atoms with E-state index in [-0.39, 0.29) is 33.8 Å². The SMILES string of the molecule is O=C(O)N(CCC1CCNCC1)Cc1cc(-c2cc(-c3cccc(C(F)(F)F)c3)ccc2Oc2cc(F)c(S(=O)(=O)Nc3nncs3)cc2Cl)ccn1. The first-order valence-electron chi connectivity index (χ1n) is 16.2. The quantitative estimate of drug-likeness (QED) is 0.106. The molecule has 0 radical (unpaired) electrons. The summed E-state index contributed by atoms with van der Waals surface area (Å²) in [5, 5.41) is 20.1. The number of anilines is 1. The van der Waals surface area contributed by atoms with Crippen LogP contribution in [0.2, 0.25) is 5.02 Å². The third kappa shape index (κ3) is 9.40. The summed E-state index contributed by atoms with van der Waals surface area (Å²) in [5.74, 6) is -0.958. The predicted molar refractivity (Wildman–Crippen MR) is 191 cm³/mol. The number of nitrogens with one attached hydrogen (secondary N) is 2. The van der Waals surface area contributed by atoms with E-state index in [1.165, 1.54) is 40.9 Å². The molecule has 5 aromatic rings. The second kappa shape index (κ2) is 16.0. The number of nitrogens with zero attached hydrogens (tertiary/aromatic N) is 4. The van der Waals surface area contributed by atoms with E-state index < -0.39 is 38.6 Å². The van der Waals surface area contributed by atoms with E-state index in [1.807, 2.05) is 0 Å². The van der Waals surface area contributed by atoms with Crippen molar-refractivity contribution >= 4 is 44.2 Å².